The molecule has 1 aromatic carbocycles. The number of ether oxygens (including phenoxy) is 1. The first-order valence-corrected chi connectivity index (χ1v) is 7.90. The summed E-state index contributed by atoms with van der Waals surface area (Å²) in [5, 5.41) is 5.48. The van der Waals surface area contributed by atoms with Gasteiger partial charge in [-0.1, -0.05) is 31.4 Å². The molecule has 1 aliphatic rings. The first kappa shape index (κ1) is 16.3. The second-order valence-electron chi connectivity index (χ2n) is 5.66. The maximum atomic E-state index is 11.8. The third-order valence-electron chi connectivity index (χ3n) is 4.00. The lowest BCUT2D eigenvalue weighted by Crippen LogP contribution is -2.45. The smallest absolute Gasteiger partial charge is 0.309 e. The Morgan fingerprint density at radius 3 is 2.41 bits per heavy atom. The summed E-state index contributed by atoms with van der Waals surface area (Å²) in [7, 11) is 1.63. The van der Waals surface area contributed by atoms with Crippen molar-refractivity contribution >= 4 is 11.8 Å². The van der Waals surface area contributed by atoms with E-state index in [0.29, 0.717) is 13.0 Å². The van der Waals surface area contributed by atoms with Crippen LogP contribution in [0.3, 0.4) is 0 Å². The van der Waals surface area contributed by atoms with Gasteiger partial charge in [0, 0.05) is 12.6 Å². The van der Waals surface area contributed by atoms with Gasteiger partial charge in [0.1, 0.15) is 5.75 Å². The summed E-state index contributed by atoms with van der Waals surface area (Å²) in [6, 6.07) is 7.83. The summed E-state index contributed by atoms with van der Waals surface area (Å²) < 4.78 is 5.09. The van der Waals surface area contributed by atoms with E-state index >= 15 is 0 Å². The molecule has 2 amide bonds. The van der Waals surface area contributed by atoms with E-state index in [4.69, 9.17) is 4.74 Å². The van der Waals surface area contributed by atoms with E-state index in [-0.39, 0.29) is 6.04 Å². The van der Waals surface area contributed by atoms with Gasteiger partial charge >= 0.3 is 11.8 Å². The zero-order chi connectivity index (χ0) is 15.8. The van der Waals surface area contributed by atoms with Crippen molar-refractivity contribution in [2.24, 2.45) is 0 Å². The second kappa shape index (κ2) is 8.41. The molecule has 2 N–H and O–H groups in total. The molecule has 0 aromatic heterocycles. The zero-order valence-electron chi connectivity index (χ0n) is 13.1. The number of hydrogen-bond acceptors (Lipinski definition) is 3. The van der Waals surface area contributed by atoms with E-state index in [1.807, 2.05) is 24.3 Å². The van der Waals surface area contributed by atoms with E-state index in [1.165, 1.54) is 6.42 Å². The van der Waals surface area contributed by atoms with Crippen molar-refractivity contribution in [1.82, 2.24) is 10.6 Å². The minimum absolute atomic E-state index is 0.161. The second-order valence-corrected chi connectivity index (χ2v) is 5.66. The van der Waals surface area contributed by atoms with E-state index in [0.717, 1.165) is 37.0 Å². The molecule has 0 heterocycles. The third-order valence-corrected chi connectivity index (χ3v) is 4.00. The van der Waals surface area contributed by atoms with Crippen LogP contribution in [0.2, 0.25) is 0 Å². The lowest BCUT2D eigenvalue weighted by Gasteiger charge is -2.22. The predicted octanol–water partition coefficient (Wildman–Crippen LogP) is 1.80. The van der Waals surface area contributed by atoms with E-state index < -0.39 is 11.8 Å². The van der Waals surface area contributed by atoms with Crippen LogP contribution in [0.5, 0.6) is 5.75 Å². The summed E-state index contributed by atoms with van der Waals surface area (Å²) >= 11 is 0. The van der Waals surface area contributed by atoms with Crippen LogP contribution in [0.1, 0.15) is 37.7 Å². The Bertz CT molecular complexity index is 493. The van der Waals surface area contributed by atoms with Crippen molar-refractivity contribution < 1.29 is 14.3 Å². The Balaban J connectivity index is 1.68. The molecule has 1 aromatic rings. The van der Waals surface area contributed by atoms with Gasteiger partial charge in [0.25, 0.3) is 0 Å². The Morgan fingerprint density at radius 1 is 1.09 bits per heavy atom. The number of amides is 2. The van der Waals surface area contributed by atoms with Crippen LogP contribution in [0.15, 0.2) is 24.3 Å². The molecule has 2 rings (SSSR count). The molecule has 1 aliphatic carbocycles. The average Bonchev–Trinajstić information content (AvgIpc) is 2.56. The Labute approximate surface area is 131 Å². The quantitative estimate of drug-likeness (QED) is 0.815. The van der Waals surface area contributed by atoms with Crippen LogP contribution in [0, 0.1) is 0 Å². The summed E-state index contributed by atoms with van der Waals surface area (Å²) in [5.74, 6) is -0.250. The number of benzene rings is 1. The van der Waals surface area contributed by atoms with Crippen LogP contribution in [-0.4, -0.2) is 31.5 Å². The van der Waals surface area contributed by atoms with E-state index in [1.54, 1.807) is 7.11 Å². The molecule has 5 nitrogen and oxygen atoms in total. The molecule has 0 unspecified atom stereocenters. The van der Waals surface area contributed by atoms with Gasteiger partial charge in [-0.25, -0.2) is 0 Å². The number of nitrogens with one attached hydrogen (secondary N) is 2. The molecule has 1 saturated carbocycles. The largest absolute Gasteiger partial charge is 0.497 e. The van der Waals surface area contributed by atoms with Crippen LogP contribution < -0.4 is 15.4 Å². The Hall–Kier alpha value is -2.04. The molecular formula is C17H24N2O3. The number of hydrogen-bond donors (Lipinski definition) is 2. The maximum absolute atomic E-state index is 11.8. The van der Waals surface area contributed by atoms with Crippen molar-refractivity contribution in [3.8, 4) is 5.75 Å². The maximum Gasteiger partial charge on any atom is 0.309 e. The highest BCUT2D eigenvalue weighted by Crippen LogP contribution is 2.17. The first-order valence-electron chi connectivity index (χ1n) is 7.90. The number of rotatable bonds is 5. The summed E-state index contributed by atoms with van der Waals surface area (Å²) in [6.07, 6.45) is 6.12. The SMILES string of the molecule is COc1ccc(CCNC(=O)C(=O)NC2CCCCC2)cc1. The third kappa shape index (κ3) is 5.06. The lowest BCUT2D eigenvalue weighted by molar-refractivity contribution is -0.139. The molecule has 0 spiro atoms. The van der Waals surface area contributed by atoms with Crippen molar-refractivity contribution in [2.75, 3.05) is 13.7 Å². The van der Waals surface area contributed by atoms with Crippen molar-refractivity contribution in [1.29, 1.82) is 0 Å². The van der Waals surface area contributed by atoms with Gasteiger partial charge < -0.3 is 15.4 Å². The van der Waals surface area contributed by atoms with Crippen LogP contribution >= 0.6 is 0 Å². The van der Waals surface area contributed by atoms with Crippen molar-refractivity contribution in [2.45, 2.75) is 44.6 Å². The standard InChI is InChI=1S/C17H24N2O3/c1-22-15-9-7-13(8-10-15)11-12-18-16(20)17(21)19-14-5-3-2-4-6-14/h7-10,14H,2-6,11-12H2,1H3,(H,18,20)(H,19,21). The zero-order valence-corrected chi connectivity index (χ0v) is 13.1. The fourth-order valence-corrected chi connectivity index (χ4v) is 2.69. The van der Waals surface area contributed by atoms with Crippen molar-refractivity contribution in [3.63, 3.8) is 0 Å². The van der Waals surface area contributed by atoms with E-state index in [2.05, 4.69) is 10.6 Å². The molecule has 0 saturated heterocycles. The predicted molar refractivity (Wildman–Crippen MR) is 84.7 cm³/mol. The minimum atomic E-state index is -0.543. The number of carbonyl (C=O) groups excluding carboxylic acids is 2. The lowest BCUT2D eigenvalue weighted by atomic mass is 9.95. The average molecular weight is 304 g/mol. The Morgan fingerprint density at radius 2 is 1.77 bits per heavy atom. The summed E-state index contributed by atoms with van der Waals surface area (Å²) in [6.45, 7) is 0.448. The topological polar surface area (TPSA) is 67.4 Å². The van der Waals surface area contributed by atoms with Gasteiger partial charge in [0.05, 0.1) is 7.11 Å². The first-order chi connectivity index (χ1) is 10.7. The fourth-order valence-electron chi connectivity index (χ4n) is 2.69. The van der Waals surface area contributed by atoms with Crippen LogP contribution in [-0.2, 0) is 16.0 Å². The van der Waals surface area contributed by atoms with Gasteiger partial charge in [0.2, 0.25) is 0 Å². The highest BCUT2D eigenvalue weighted by Gasteiger charge is 2.19. The molecular weight excluding hydrogens is 280 g/mol. The summed E-state index contributed by atoms with van der Waals surface area (Å²) in [4.78, 5) is 23.6. The van der Waals surface area contributed by atoms with Gasteiger partial charge in [-0.15, -0.1) is 0 Å². The molecule has 22 heavy (non-hydrogen) atoms. The molecule has 120 valence electrons. The number of methoxy groups -OCH3 is 1. The molecule has 1 fully saturated rings. The van der Waals surface area contributed by atoms with Gasteiger partial charge in [-0.05, 0) is 37.0 Å². The van der Waals surface area contributed by atoms with Gasteiger partial charge in [-0.2, -0.15) is 0 Å². The van der Waals surface area contributed by atoms with Crippen LogP contribution in [0.4, 0.5) is 0 Å². The molecule has 0 radical (unpaired) electrons. The fraction of sp³-hybridized carbons (Fsp3) is 0.529. The minimum Gasteiger partial charge on any atom is -0.497 e. The molecule has 0 bridgehead atoms. The van der Waals surface area contributed by atoms with Gasteiger partial charge in [-0.3, -0.25) is 9.59 Å². The molecule has 0 aliphatic heterocycles. The monoisotopic (exact) mass is 304 g/mol. The highest BCUT2D eigenvalue weighted by atomic mass is 16.5. The van der Waals surface area contributed by atoms with E-state index in [9.17, 15) is 9.59 Å². The van der Waals surface area contributed by atoms with Crippen molar-refractivity contribution in [3.05, 3.63) is 29.8 Å². The number of carbonyl (C=O) groups is 2. The highest BCUT2D eigenvalue weighted by molar-refractivity contribution is 6.35. The molecule has 0 atom stereocenters. The molecule has 5 heteroatoms. The van der Waals surface area contributed by atoms with Crippen LogP contribution in [0.25, 0.3) is 0 Å². The summed E-state index contributed by atoms with van der Waals surface area (Å²) in [5.41, 5.74) is 1.09. The van der Waals surface area contributed by atoms with Gasteiger partial charge in [0.15, 0.2) is 0 Å². The Kier molecular flexibility index (Phi) is 6.25. The normalized spacial score (nSPS) is 15.1.